The number of aryl methyl sites for hydroxylation is 1. The Bertz CT molecular complexity index is 1010. The highest BCUT2D eigenvalue weighted by molar-refractivity contribution is 6.28. The average molecular weight is 445 g/mol. The number of amides is 1. The second kappa shape index (κ2) is 10.0. The smallest absolute Gasteiger partial charge is 0.328 e. The molecule has 0 aliphatic carbocycles. The maximum absolute atomic E-state index is 14.3. The van der Waals surface area contributed by atoms with Crippen LogP contribution in [0.2, 0.25) is 0 Å². The second-order valence-corrected chi connectivity index (χ2v) is 8.07. The van der Waals surface area contributed by atoms with Crippen LogP contribution in [0.5, 0.6) is 0 Å². The normalized spacial score (nSPS) is 18.8. The summed E-state index contributed by atoms with van der Waals surface area (Å²) in [6.07, 6.45) is 1.34. The number of aromatic amines is 1. The molecule has 1 atom stereocenters. The molecule has 2 heterocycles. The van der Waals surface area contributed by atoms with Crippen molar-refractivity contribution in [1.82, 2.24) is 20.7 Å². The summed E-state index contributed by atoms with van der Waals surface area (Å²) in [4.78, 5) is 13.0. The first kappa shape index (κ1) is 23.6. The van der Waals surface area contributed by atoms with Crippen LogP contribution in [0.4, 0.5) is 13.2 Å². The number of carbonyl (C=O) groups is 1. The molecule has 1 aromatic heterocycles. The van der Waals surface area contributed by atoms with Gasteiger partial charge in [-0.05, 0) is 24.5 Å². The third kappa shape index (κ3) is 5.21. The lowest BCUT2D eigenvalue weighted by Crippen LogP contribution is -2.60. The Morgan fingerprint density at radius 1 is 1.12 bits per heavy atom. The van der Waals surface area contributed by atoms with Crippen molar-refractivity contribution in [1.29, 1.82) is 0 Å². The monoisotopic (exact) mass is 444 g/mol. The molecule has 0 fully saturated rings. The number of carbonyl (C=O) groups excluding carboxylic acids is 1. The predicted octanol–water partition coefficient (Wildman–Crippen LogP) is 5.21. The van der Waals surface area contributed by atoms with Gasteiger partial charge < -0.3 is 5.32 Å². The van der Waals surface area contributed by atoms with E-state index in [-0.39, 0.29) is 16.8 Å². The molecule has 3 rings (SSSR count). The van der Waals surface area contributed by atoms with Crippen LogP contribution >= 0.6 is 0 Å². The molecular weight excluding hydrogens is 417 g/mol. The largest absolute Gasteiger partial charge is 0.423 e. The molecule has 0 saturated carbocycles. The molecule has 170 valence electrons. The molecule has 32 heavy (non-hydrogen) atoms. The van der Waals surface area contributed by atoms with Gasteiger partial charge in [-0.3, -0.25) is 4.79 Å². The van der Waals surface area contributed by atoms with Gasteiger partial charge in [0.1, 0.15) is 5.69 Å². The Morgan fingerprint density at radius 3 is 2.47 bits per heavy atom. The van der Waals surface area contributed by atoms with Gasteiger partial charge in [0.2, 0.25) is 5.54 Å². The van der Waals surface area contributed by atoms with Gasteiger partial charge in [0.25, 0.3) is 5.91 Å². The fourth-order valence-corrected chi connectivity index (χ4v) is 3.73. The highest BCUT2D eigenvalue weighted by Gasteiger charge is 2.58. The molecule has 0 saturated heterocycles. The van der Waals surface area contributed by atoms with Crippen molar-refractivity contribution < 1.29 is 18.0 Å². The van der Waals surface area contributed by atoms with Crippen LogP contribution in [0.3, 0.4) is 0 Å². The molecule has 1 aromatic carbocycles. The minimum Gasteiger partial charge on any atom is -0.328 e. The number of hydrogen-bond donors (Lipinski definition) is 2. The first-order valence-corrected chi connectivity index (χ1v) is 10.8. The van der Waals surface area contributed by atoms with Crippen LogP contribution in [-0.4, -0.2) is 33.0 Å². The van der Waals surface area contributed by atoms with Crippen molar-refractivity contribution >= 4 is 17.1 Å². The Morgan fingerprint density at radius 2 is 1.84 bits per heavy atom. The van der Waals surface area contributed by atoms with Gasteiger partial charge in [0, 0.05) is 12.8 Å². The van der Waals surface area contributed by atoms with Crippen molar-refractivity contribution in [2.75, 3.05) is 0 Å². The van der Waals surface area contributed by atoms with Gasteiger partial charge in [-0.15, -0.1) is 5.92 Å². The van der Waals surface area contributed by atoms with Crippen molar-refractivity contribution in [3.05, 3.63) is 47.3 Å². The molecule has 1 unspecified atom stereocenters. The summed E-state index contributed by atoms with van der Waals surface area (Å²) < 4.78 is 42.9. The van der Waals surface area contributed by atoms with Gasteiger partial charge >= 0.3 is 6.18 Å². The quantitative estimate of drug-likeness (QED) is 0.455. The number of aromatic nitrogens is 3. The van der Waals surface area contributed by atoms with Crippen LogP contribution in [0.15, 0.2) is 30.5 Å². The molecular formula is C24H27F3N4O. The van der Waals surface area contributed by atoms with Crippen LogP contribution < -0.4 is 5.32 Å². The van der Waals surface area contributed by atoms with Gasteiger partial charge in [-0.2, -0.15) is 28.6 Å². The third-order valence-electron chi connectivity index (χ3n) is 5.56. The van der Waals surface area contributed by atoms with Gasteiger partial charge in [-0.1, -0.05) is 68.4 Å². The first-order valence-electron chi connectivity index (χ1n) is 10.8. The molecule has 8 heteroatoms. The molecule has 0 spiro atoms. The lowest BCUT2D eigenvalue weighted by molar-refractivity contribution is -0.180. The summed E-state index contributed by atoms with van der Waals surface area (Å²) in [6, 6.07) is 7.02. The Hall–Kier alpha value is -3.08. The maximum atomic E-state index is 14.3. The van der Waals surface area contributed by atoms with E-state index in [2.05, 4.69) is 39.5 Å². The van der Waals surface area contributed by atoms with Crippen molar-refractivity contribution in [3.8, 4) is 11.8 Å². The molecule has 0 bridgehead atoms. The fourth-order valence-electron chi connectivity index (χ4n) is 3.73. The van der Waals surface area contributed by atoms with E-state index in [4.69, 9.17) is 0 Å². The number of benzene rings is 1. The molecule has 1 aliphatic rings. The number of unbranched alkanes of at least 4 members (excludes halogenated alkanes) is 5. The number of nitrogens with one attached hydrogen (secondary N) is 2. The average Bonchev–Trinajstić information content (AvgIpc) is 3.26. The highest BCUT2D eigenvalue weighted by atomic mass is 19.4. The maximum Gasteiger partial charge on any atom is 0.423 e. The van der Waals surface area contributed by atoms with Crippen LogP contribution in [-0.2, 0) is 4.79 Å². The van der Waals surface area contributed by atoms with Crippen LogP contribution in [0, 0.1) is 18.8 Å². The van der Waals surface area contributed by atoms with E-state index in [0.717, 1.165) is 37.7 Å². The number of nitrogens with zero attached hydrogens (tertiary/aromatic N) is 2. The lowest BCUT2D eigenvalue weighted by atomic mass is 9.80. The summed E-state index contributed by atoms with van der Waals surface area (Å²) >= 11 is 0. The number of alkyl halides is 3. The predicted molar refractivity (Wildman–Crippen MR) is 117 cm³/mol. The zero-order chi connectivity index (χ0) is 23.2. The minimum atomic E-state index is -4.75. The summed E-state index contributed by atoms with van der Waals surface area (Å²) in [5.74, 6) is 4.21. The first-order chi connectivity index (χ1) is 15.3. The summed E-state index contributed by atoms with van der Waals surface area (Å²) in [5.41, 5.74) is -0.652. The van der Waals surface area contributed by atoms with E-state index in [9.17, 15) is 18.0 Å². The summed E-state index contributed by atoms with van der Waals surface area (Å²) in [6.45, 7) is 3.99. The minimum absolute atomic E-state index is 0.0730. The van der Waals surface area contributed by atoms with Gasteiger partial charge in [0.05, 0.1) is 11.8 Å². The highest BCUT2D eigenvalue weighted by Crippen LogP contribution is 2.43. The van der Waals surface area contributed by atoms with E-state index in [1.165, 1.54) is 6.20 Å². The third-order valence-corrected chi connectivity index (χ3v) is 5.56. The second-order valence-electron chi connectivity index (χ2n) is 8.07. The van der Waals surface area contributed by atoms with E-state index in [1.807, 2.05) is 6.92 Å². The van der Waals surface area contributed by atoms with Gasteiger partial charge in [0.15, 0.2) is 0 Å². The van der Waals surface area contributed by atoms with E-state index in [0.29, 0.717) is 12.0 Å². The number of rotatable bonds is 7. The fraction of sp³-hybridized carbons (Fsp3) is 0.458. The Balaban J connectivity index is 1.99. The summed E-state index contributed by atoms with van der Waals surface area (Å²) in [7, 11) is 0. The number of hydrogen-bond acceptors (Lipinski definition) is 3. The van der Waals surface area contributed by atoms with Gasteiger partial charge in [-0.25, -0.2) is 0 Å². The molecule has 0 radical (unpaired) electrons. The van der Waals surface area contributed by atoms with Crippen molar-refractivity contribution in [3.63, 3.8) is 0 Å². The molecule has 2 aromatic rings. The number of halogens is 3. The molecule has 5 nitrogen and oxygen atoms in total. The summed E-state index contributed by atoms with van der Waals surface area (Å²) in [5, 5.41) is 12.2. The van der Waals surface area contributed by atoms with Crippen molar-refractivity contribution in [2.45, 2.75) is 70.5 Å². The SMILES string of the molecule is CCCCCCCC#CC1(C(F)(F)F)CC(c2ccc(C)cc2)=C(c2cn[nH]n2)C(=O)N1. The zero-order valence-corrected chi connectivity index (χ0v) is 18.3. The Kier molecular flexibility index (Phi) is 7.39. The standard InChI is InChI=1S/C24H27F3N4O/c1-3-4-5-6-7-8-9-14-23(24(25,26)27)15-19(18-12-10-17(2)11-13-18)21(22(32)29-23)20-16-28-31-30-20/h10-13,16H,3-8,15H2,1-2H3,(H,29,32)(H,28,30,31). The molecule has 1 aliphatic heterocycles. The molecule has 1 amide bonds. The van der Waals surface area contributed by atoms with E-state index in [1.54, 1.807) is 24.3 Å². The van der Waals surface area contributed by atoms with Crippen LogP contribution in [0.1, 0.15) is 68.7 Å². The Labute approximate surface area is 185 Å². The topological polar surface area (TPSA) is 70.7 Å². The number of H-pyrrole nitrogens is 1. The zero-order valence-electron chi connectivity index (χ0n) is 18.3. The molecule has 2 N–H and O–H groups in total. The van der Waals surface area contributed by atoms with E-state index < -0.39 is 24.0 Å². The lowest BCUT2D eigenvalue weighted by Gasteiger charge is -2.37. The van der Waals surface area contributed by atoms with Crippen molar-refractivity contribution in [2.24, 2.45) is 0 Å². The van der Waals surface area contributed by atoms with E-state index >= 15 is 0 Å². The van der Waals surface area contributed by atoms with Crippen LogP contribution in [0.25, 0.3) is 11.1 Å².